The van der Waals surface area contributed by atoms with Crippen molar-refractivity contribution in [1.82, 2.24) is 5.32 Å². The Labute approximate surface area is 121 Å². The molecule has 1 aliphatic heterocycles. The SMILES string of the molecule is CC(C)NC(CO)CCN1CCCOc2ccccc21. The predicted molar refractivity (Wildman–Crippen MR) is 82.5 cm³/mol. The van der Waals surface area contributed by atoms with Crippen LogP contribution in [0.2, 0.25) is 0 Å². The molecule has 0 saturated heterocycles. The molecule has 2 N–H and O–H groups in total. The van der Waals surface area contributed by atoms with E-state index in [1.54, 1.807) is 0 Å². The molecule has 20 heavy (non-hydrogen) atoms. The number of hydrogen-bond acceptors (Lipinski definition) is 4. The Hall–Kier alpha value is -1.26. The van der Waals surface area contributed by atoms with E-state index in [1.165, 1.54) is 5.69 Å². The van der Waals surface area contributed by atoms with Crippen molar-refractivity contribution >= 4 is 5.69 Å². The third-order valence-electron chi connectivity index (χ3n) is 3.57. The molecule has 1 unspecified atom stereocenters. The maximum absolute atomic E-state index is 9.45. The van der Waals surface area contributed by atoms with Gasteiger partial charge in [-0.05, 0) is 25.0 Å². The van der Waals surface area contributed by atoms with E-state index < -0.39 is 0 Å². The molecule has 2 rings (SSSR count). The van der Waals surface area contributed by atoms with Gasteiger partial charge in [0.25, 0.3) is 0 Å². The van der Waals surface area contributed by atoms with E-state index in [4.69, 9.17) is 4.74 Å². The van der Waals surface area contributed by atoms with Crippen LogP contribution in [0.15, 0.2) is 24.3 Å². The minimum absolute atomic E-state index is 0.159. The Bertz CT molecular complexity index is 409. The summed E-state index contributed by atoms with van der Waals surface area (Å²) >= 11 is 0. The standard InChI is InChI=1S/C16H26N2O2/c1-13(2)17-14(12-19)8-10-18-9-5-11-20-16-7-4-3-6-15(16)18/h3-4,6-7,13-14,17,19H,5,8-12H2,1-2H3. The second-order valence-corrected chi connectivity index (χ2v) is 5.65. The number of fused-ring (bicyclic) bond motifs is 1. The number of para-hydroxylation sites is 2. The summed E-state index contributed by atoms with van der Waals surface area (Å²) < 4.78 is 5.77. The van der Waals surface area contributed by atoms with Gasteiger partial charge in [-0.2, -0.15) is 0 Å². The van der Waals surface area contributed by atoms with Gasteiger partial charge in [0, 0.05) is 25.2 Å². The first kappa shape index (κ1) is 15.1. The van der Waals surface area contributed by atoms with Gasteiger partial charge in [0.05, 0.1) is 18.9 Å². The lowest BCUT2D eigenvalue weighted by molar-refractivity contribution is 0.229. The van der Waals surface area contributed by atoms with Crippen LogP contribution in [-0.2, 0) is 0 Å². The van der Waals surface area contributed by atoms with E-state index in [9.17, 15) is 5.11 Å². The number of benzene rings is 1. The summed E-state index contributed by atoms with van der Waals surface area (Å²) in [6.07, 6.45) is 1.97. The highest BCUT2D eigenvalue weighted by atomic mass is 16.5. The van der Waals surface area contributed by atoms with Crippen LogP contribution >= 0.6 is 0 Å². The second kappa shape index (κ2) is 7.50. The minimum Gasteiger partial charge on any atom is -0.491 e. The lowest BCUT2D eigenvalue weighted by Crippen LogP contribution is -2.40. The normalized spacial score (nSPS) is 16.5. The van der Waals surface area contributed by atoms with Crippen LogP contribution in [0.1, 0.15) is 26.7 Å². The lowest BCUT2D eigenvalue weighted by Gasteiger charge is -2.27. The average Bonchev–Trinajstić information content (AvgIpc) is 2.65. The molecule has 1 aromatic carbocycles. The van der Waals surface area contributed by atoms with Gasteiger partial charge >= 0.3 is 0 Å². The van der Waals surface area contributed by atoms with E-state index in [2.05, 4.69) is 36.2 Å². The predicted octanol–water partition coefficient (Wildman–Crippen LogP) is 2.02. The number of aliphatic hydroxyl groups is 1. The Kier molecular flexibility index (Phi) is 5.68. The summed E-state index contributed by atoms with van der Waals surface area (Å²) in [6.45, 7) is 7.13. The molecule has 112 valence electrons. The Morgan fingerprint density at radius 2 is 2.15 bits per heavy atom. The summed E-state index contributed by atoms with van der Waals surface area (Å²) in [5, 5.41) is 12.9. The van der Waals surface area contributed by atoms with Gasteiger partial charge in [0.15, 0.2) is 0 Å². The summed E-state index contributed by atoms with van der Waals surface area (Å²) in [7, 11) is 0. The van der Waals surface area contributed by atoms with E-state index in [0.29, 0.717) is 6.04 Å². The molecular weight excluding hydrogens is 252 g/mol. The maximum Gasteiger partial charge on any atom is 0.142 e. The maximum atomic E-state index is 9.45. The Morgan fingerprint density at radius 3 is 2.90 bits per heavy atom. The Balaban J connectivity index is 1.98. The van der Waals surface area contributed by atoms with E-state index in [-0.39, 0.29) is 12.6 Å². The van der Waals surface area contributed by atoms with Gasteiger partial charge in [0.2, 0.25) is 0 Å². The van der Waals surface area contributed by atoms with Crippen molar-refractivity contribution in [3.63, 3.8) is 0 Å². The third kappa shape index (κ3) is 4.12. The number of nitrogens with zero attached hydrogens (tertiary/aromatic N) is 1. The quantitative estimate of drug-likeness (QED) is 0.835. The zero-order valence-electron chi connectivity index (χ0n) is 12.5. The van der Waals surface area contributed by atoms with E-state index in [1.807, 2.05) is 12.1 Å². The molecule has 4 heteroatoms. The van der Waals surface area contributed by atoms with Crippen LogP contribution in [0, 0.1) is 0 Å². The number of nitrogens with one attached hydrogen (secondary N) is 1. The number of ether oxygens (including phenoxy) is 1. The molecule has 1 aromatic rings. The molecule has 0 radical (unpaired) electrons. The number of anilines is 1. The van der Waals surface area contributed by atoms with Crippen LogP contribution in [0.4, 0.5) is 5.69 Å². The van der Waals surface area contributed by atoms with Crippen LogP contribution in [-0.4, -0.2) is 43.5 Å². The van der Waals surface area contributed by atoms with Crippen molar-refractivity contribution in [1.29, 1.82) is 0 Å². The molecule has 0 bridgehead atoms. The molecule has 0 spiro atoms. The highest BCUT2D eigenvalue weighted by molar-refractivity contribution is 5.58. The second-order valence-electron chi connectivity index (χ2n) is 5.65. The van der Waals surface area contributed by atoms with Crippen molar-refractivity contribution in [2.24, 2.45) is 0 Å². The Morgan fingerprint density at radius 1 is 1.35 bits per heavy atom. The molecule has 0 aromatic heterocycles. The fourth-order valence-corrected chi connectivity index (χ4v) is 2.64. The minimum atomic E-state index is 0.159. The van der Waals surface area contributed by atoms with Crippen molar-refractivity contribution in [2.45, 2.75) is 38.8 Å². The summed E-state index contributed by atoms with van der Waals surface area (Å²) in [4.78, 5) is 2.37. The van der Waals surface area contributed by atoms with Gasteiger partial charge in [-0.1, -0.05) is 26.0 Å². The first-order valence-electron chi connectivity index (χ1n) is 7.54. The first-order chi connectivity index (χ1) is 9.70. The van der Waals surface area contributed by atoms with Gasteiger partial charge in [0.1, 0.15) is 5.75 Å². The fraction of sp³-hybridized carbons (Fsp3) is 0.625. The average molecular weight is 278 g/mol. The zero-order chi connectivity index (χ0) is 14.4. The van der Waals surface area contributed by atoms with Gasteiger partial charge in [-0.15, -0.1) is 0 Å². The third-order valence-corrected chi connectivity index (χ3v) is 3.57. The van der Waals surface area contributed by atoms with E-state index in [0.717, 1.165) is 38.3 Å². The molecule has 1 heterocycles. The van der Waals surface area contributed by atoms with Crippen LogP contribution < -0.4 is 15.0 Å². The highest BCUT2D eigenvalue weighted by Crippen LogP contribution is 2.30. The highest BCUT2D eigenvalue weighted by Gasteiger charge is 2.17. The van der Waals surface area contributed by atoms with Crippen LogP contribution in [0.25, 0.3) is 0 Å². The largest absolute Gasteiger partial charge is 0.491 e. The molecule has 0 fully saturated rings. The topological polar surface area (TPSA) is 44.7 Å². The molecular formula is C16H26N2O2. The first-order valence-corrected chi connectivity index (χ1v) is 7.54. The molecule has 1 aliphatic rings. The molecule has 0 saturated carbocycles. The van der Waals surface area contributed by atoms with Gasteiger partial charge in [-0.3, -0.25) is 0 Å². The van der Waals surface area contributed by atoms with Crippen molar-refractivity contribution < 1.29 is 9.84 Å². The molecule has 4 nitrogen and oxygen atoms in total. The summed E-state index contributed by atoms with van der Waals surface area (Å²) in [6, 6.07) is 8.77. The van der Waals surface area contributed by atoms with Crippen molar-refractivity contribution in [3.8, 4) is 5.75 Å². The van der Waals surface area contributed by atoms with Crippen LogP contribution in [0.3, 0.4) is 0 Å². The number of rotatable bonds is 6. The lowest BCUT2D eigenvalue weighted by atomic mass is 10.1. The van der Waals surface area contributed by atoms with Crippen molar-refractivity contribution in [3.05, 3.63) is 24.3 Å². The van der Waals surface area contributed by atoms with Crippen LogP contribution in [0.5, 0.6) is 5.75 Å². The van der Waals surface area contributed by atoms with Gasteiger partial charge in [-0.25, -0.2) is 0 Å². The molecule has 0 aliphatic carbocycles. The number of hydrogen-bond donors (Lipinski definition) is 2. The van der Waals surface area contributed by atoms with Gasteiger partial charge < -0.3 is 20.1 Å². The smallest absolute Gasteiger partial charge is 0.142 e. The number of aliphatic hydroxyl groups excluding tert-OH is 1. The molecule has 1 atom stereocenters. The summed E-state index contributed by atoms with van der Waals surface area (Å²) in [5.74, 6) is 0.974. The zero-order valence-corrected chi connectivity index (χ0v) is 12.5. The van der Waals surface area contributed by atoms with E-state index >= 15 is 0 Å². The van der Waals surface area contributed by atoms with Crippen molar-refractivity contribution in [2.75, 3.05) is 31.2 Å². The summed E-state index contributed by atoms with van der Waals surface area (Å²) in [5.41, 5.74) is 1.17. The fourth-order valence-electron chi connectivity index (χ4n) is 2.64. The monoisotopic (exact) mass is 278 g/mol. The molecule has 0 amide bonds.